The van der Waals surface area contributed by atoms with Crippen molar-refractivity contribution in [3.8, 4) is 0 Å². The molecule has 10 heteroatoms. The molecule has 3 aromatic rings. The maximum atomic E-state index is 13.0. The van der Waals surface area contributed by atoms with Gasteiger partial charge in [0, 0.05) is 36.6 Å². The van der Waals surface area contributed by atoms with Crippen molar-refractivity contribution in [3.05, 3.63) is 82.1 Å². The normalized spacial score (nSPS) is 15.4. The van der Waals surface area contributed by atoms with Crippen LogP contribution in [0.3, 0.4) is 0 Å². The molecule has 2 aromatic carbocycles. The van der Waals surface area contributed by atoms with Crippen molar-refractivity contribution in [1.29, 1.82) is 0 Å². The Balaban J connectivity index is 1.61. The topological polar surface area (TPSA) is 127 Å². The van der Waals surface area contributed by atoms with Gasteiger partial charge in [0.1, 0.15) is 17.9 Å². The number of pyridine rings is 1. The lowest BCUT2D eigenvalue weighted by atomic mass is 9.72. The van der Waals surface area contributed by atoms with Crippen LogP contribution in [0.4, 0.5) is 9.59 Å². The van der Waals surface area contributed by atoms with Crippen molar-refractivity contribution in [2.75, 3.05) is 19.6 Å². The van der Waals surface area contributed by atoms with Crippen LogP contribution in [0.5, 0.6) is 0 Å². The monoisotopic (exact) mass is 605 g/mol. The second kappa shape index (κ2) is 14.0. The Labute approximate surface area is 258 Å². The van der Waals surface area contributed by atoms with E-state index in [2.05, 4.69) is 5.32 Å². The number of hydrogen-bond donors (Lipinski definition) is 2. The first kappa shape index (κ1) is 32.6. The number of piperidine rings is 1. The van der Waals surface area contributed by atoms with Gasteiger partial charge in [-0.25, -0.2) is 14.4 Å². The van der Waals surface area contributed by atoms with Crippen molar-refractivity contribution >= 4 is 29.1 Å². The summed E-state index contributed by atoms with van der Waals surface area (Å²) in [7, 11) is 0. The van der Waals surface area contributed by atoms with Crippen LogP contribution in [0.1, 0.15) is 75.9 Å². The molecule has 0 saturated carbocycles. The third-order valence-corrected chi connectivity index (χ3v) is 8.37. The summed E-state index contributed by atoms with van der Waals surface area (Å²) in [5, 5.41) is 13.6. The second-order valence-electron chi connectivity index (χ2n) is 12.3. The number of nitrogens with one attached hydrogen (secondary N) is 1. The molecule has 1 aliphatic heterocycles. The van der Waals surface area contributed by atoms with E-state index < -0.39 is 23.2 Å². The summed E-state index contributed by atoms with van der Waals surface area (Å²) in [4.78, 5) is 52.6. The van der Waals surface area contributed by atoms with Crippen molar-refractivity contribution < 1.29 is 29.0 Å². The molecular formula is C34H43N3O7. The summed E-state index contributed by atoms with van der Waals surface area (Å²) in [6.07, 6.45) is 2.01. The molecule has 236 valence electrons. The average molecular weight is 606 g/mol. The predicted octanol–water partition coefficient (Wildman–Crippen LogP) is 6.16. The molecule has 2 N–H and O–H groups in total. The number of likely N-dealkylation sites (tertiary alicyclic amines) is 1. The van der Waals surface area contributed by atoms with E-state index in [-0.39, 0.29) is 29.7 Å². The van der Waals surface area contributed by atoms with Gasteiger partial charge in [0.25, 0.3) is 0 Å². The Hall–Kier alpha value is -4.34. The number of alkyl carbamates (subject to hydrolysis) is 1. The minimum atomic E-state index is -1.18. The lowest BCUT2D eigenvalue weighted by molar-refractivity contribution is 0.00810. The summed E-state index contributed by atoms with van der Waals surface area (Å²) >= 11 is 0. The van der Waals surface area contributed by atoms with Gasteiger partial charge in [-0.1, -0.05) is 49.4 Å². The van der Waals surface area contributed by atoms with E-state index in [4.69, 9.17) is 9.47 Å². The van der Waals surface area contributed by atoms with Crippen LogP contribution >= 0.6 is 0 Å². The number of aromatic carboxylic acids is 1. The Bertz CT molecular complexity index is 1520. The number of carbonyl (C=O) groups excluding carboxylic acids is 2. The van der Waals surface area contributed by atoms with Gasteiger partial charge in [-0.3, -0.25) is 4.79 Å². The molecule has 0 bridgehead atoms. The highest BCUT2D eigenvalue weighted by Gasteiger charge is 2.43. The van der Waals surface area contributed by atoms with Crippen molar-refractivity contribution in [1.82, 2.24) is 14.8 Å². The van der Waals surface area contributed by atoms with Crippen LogP contribution in [-0.2, 0) is 21.6 Å². The zero-order valence-electron chi connectivity index (χ0n) is 26.0. The molecule has 0 aliphatic carbocycles. The van der Waals surface area contributed by atoms with Crippen molar-refractivity contribution in [3.63, 3.8) is 0 Å². The molecule has 1 saturated heterocycles. The summed E-state index contributed by atoms with van der Waals surface area (Å²) in [5.74, 6) is -1.19. The number of carbonyl (C=O) groups is 3. The van der Waals surface area contributed by atoms with E-state index in [0.29, 0.717) is 62.6 Å². The smallest absolute Gasteiger partial charge is 0.410 e. The molecule has 1 unspecified atom stereocenters. The van der Waals surface area contributed by atoms with Gasteiger partial charge in [-0.15, -0.1) is 0 Å². The van der Waals surface area contributed by atoms with Gasteiger partial charge < -0.3 is 29.4 Å². The number of rotatable bonds is 10. The van der Waals surface area contributed by atoms with E-state index in [1.54, 1.807) is 29.2 Å². The van der Waals surface area contributed by atoms with Gasteiger partial charge in [0.05, 0.1) is 5.52 Å². The second-order valence-corrected chi connectivity index (χ2v) is 12.3. The number of benzene rings is 2. The number of para-hydroxylation sites is 1. The largest absolute Gasteiger partial charge is 0.477 e. The number of ether oxygens (including phenoxy) is 2. The van der Waals surface area contributed by atoms with Gasteiger partial charge in [0.2, 0.25) is 0 Å². The van der Waals surface area contributed by atoms with E-state index in [0.717, 1.165) is 5.56 Å². The SMILES string of the molecule is CCC(CCCNC(=O)OCc1ccccc1)(C1CCN(C(=O)OC(C)(C)C)CC1)n1c(C(=O)O)cc(=O)c2ccccc21. The maximum Gasteiger partial charge on any atom is 0.410 e. The molecule has 0 radical (unpaired) electrons. The molecule has 2 heterocycles. The summed E-state index contributed by atoms with van der Waals surface area (Å²) < 4.78 is 12.8. The number of aromatic nitrogens is 1. The minimum Gasteiger partial charge on any atom is -0.477 e. The molecule has 1 aromatic heterocycles. The van der Waals surface area contributed by atoms with Crippen LogP contribution in [0.15, 0.2) is 65.5 Å². The van der Waals surface area contributed by atoms with Crippen LogP contribution in [0.2, 0.25) is 0 Å². The van der Waals surface area contributed by atoms with Crippen molar-refractivity contribution in [2.45, 2.75) is 77.5 Å². The van der Waals surface area contributed by atoms with Crippen LogP contribution in [0, 0.1) is 5.92 Å². The Morgan fingerprint density at radius 1 is 1.00 bits per heavy atom. The Kier molecular flexibility index (Phi) is 10.3. The standard InChI is InChI=1S/C34H43N3O7/c1-5-34(25-16-20-36(21-17-25)32(42)44-33(2,3)4,18-11-19-35-31(41)43-23-24-12-7-6-8-13-24)37-27-15-10-9-14-26(27)29(38)22-28(37)30(39)40/h6-10,12-15,22,25H,5,11,16-21,23H2,1-4H3,(H,35,41)(H,39,40). The zero-order chi connectivity index (χ0) is 31.9. The fourth-order valence-electron chi connectivity index (χ4n) is 6.32. The fraction of sp³-hybridized carbons (Fsp3) is 0.471. The highest BCUT2D eigenvalue weighted by atomic mass is 16.6. The van der Waals surface area contributed by atoms with Gasteiger partial charge in [-0.2, -0.15) is 0 Å². The molecule has 44 heavy (non-hydrogen) atoms. The number of nitrogens with zero attached hydrogens (tertiary/aromatic N) is 2. The van der Waals surface area contributed by atoms with Crippen LogP contribution in [0.25, 0.3) is 10.9 Å². The van der Waals surface area contributed by atoms with E-state index in [1.807, 2.05) is 62.6 Å². The van der Waals surface area contributed by atoms with Crippen LogP contribution in [-0.4, -0.2) is 58.0 Å². The molecule has 1 fully saturated rings. The highest BCUT2D eigenvalue weighted by Crippen LogP contribution is 2.43. The van der Waals surface area contributed by atoms with E-state index >= 15 is 0 Å². The first-order valence-electron chi connectivity index (χ1n) is 15.3. The number of hydrogen-bond acceptors (Lipinski definition) is 6. The number of carboxylic acid groups (broad SMARTS) is 1. The predicted molar refractivity (Wildman–Crippen MR) is 168 cm³/mol. The van der Waals surface area contributed by atoms with Gasteiger partial charge >= 0.3 is 18.2 Å². The van der Waals surface area contributed by atoms with Crippen molar-refractivity contribution in [2.24, 2.45) is 5.92 Å². The number of fused-ring (bicyclic) bond motifs is 1. The van der Waals surface area contributed by atoms with Crippen LogP contribution < -0.4 is 10.7 Å². The van der Waals surface area contributed by atoms with Gasteiger partial charge in [0.15, 0.2) is 5.43 Å². The van der Waals surface area contributed by atoms with Gasteiger partial charge in [-0.05, 0) is 76.5 Å². The lowest BCUT2D eigenvalue weighted by Gasteiger charge is -2.47. The summed E-state index contributed by atoms with van der Waals surface area (Å²) in [5.41, 5.74) is -0.291. The molecule has 4 rings (SSSR count). The molecule has 1 aliphatic rings. The third-order valence-electron chi connectivity index (χ3n) is 8.37. The first-order valence-corrected chi connectivity index (χ1v) is 15.3. The molecule has 10 nitrogen and oxygen atoms in total. The number of carboxylic acids is 1. The molecule has 1 atom stereocenters. The zero-order valence-corrected chi connectivity index (χ0v) is 26.0. The minimum absolute atomic E-state index is 0.0137. The highest BCUT2D eigenvalue weighted by molar-refractivity contribution is 5.91. The fourth-order valence-corrected chi connectivity index (χ4v) is 6.32. The van der Waals surface area contributed by atoms with E-state index in [1.165, 1.54) is 6.07 Å². The molecular weight excluding hydrogens is 562 g/mol. The Morgan fingerprint density at radius 2 is 1.66 bits per heavy atom. The first-order chi connectivity index (χ1) is 20.9. The summed E-state index contributed by atoms with van der Waals surface area (Å²) in [6, 6.07) is 17.7. The average Bonchev–Trinajstić information content (AvgIpc) is 3.00. The summed E-state index contributed by atoms with van der Waals surface area (Å²) in [6.45, 7) is 8.94. The Morgan fingerprint density at radius 3 is 2.30 bits per heavy atom. The van der Waals surface area contributed by atoms with E-state index in [9.17, 15) is 24.3 Å². The lowest BCUT2D eigenvalue weighted by Crippen LogP contribution is -2.50. The quantitative estimate of drug-likeness (QED) is 0.265. The molecule has 0 spiro atoms. The number of amides is 2. The third kappa shape index (κ3) is 7.59. The molecule has 2 amide bonds. The maximum absolute atomic E-state index is 13.0.